The summed E-state index contributed by atoms with van der Waals surface area (Å²) in [5.41, 5.74) is -0.737. The van der Waals surface area contributed by atoms with Crippen molar-refractivity contribution in [2.75, 3.05) is 20.1 Å². The molecule has 2 amide bonds. The number of carbonyl (C=O) groups excluding carboxylic acids is 2. The molecule has 0 atom stereocenters. The van der Waals surface area contributed by atoms with Gasteiger partial charge in [-0.3, -0.25) is 9.59 Å². The zero-order valence-electron chi connectivity index (χ0n) is 12.8. The van der Waals surface area contributed by atoms with Gasteiger partial charge in [0, 0.05) is 20.1 Å². The van der Waals surface area contributed by atoms with E-state index in [4.69, 9.17) is 0 Å². The van der Waals surface area contributed by atoms with Gasteiger partial charge >= 0.3 is 0 Å². The zero-order chi connectivity index (χ0) is 14.5. The largest absolute Gasteiger partial charge is 0.355 e. The number of amides is 2. The van der Waals surface area contributed by atoms with Crippen molar-refractivity contribution in [1.29, 1.82) is 0 Å². The Morgan fingerprint density at radius 2 is 1.95 bits per heavy atom. The fourth-order valence-electron chi connectivity index (χ4n) is 2.17. The molecule has 0 unspecified atom stereocenters. The molecule has 0 bridgehead atoms. The summed E-state index contributed by atoms with van der Waals surface area (Å²) in [5.74, 6) is 0.503. The van der Waals surface area contributed by atoms with Crippen molar-refractivity contribution < 1.29 is 9.59 Å². The highest BCUT2D eigenvalue weighted by molar-refractivity contribution is 6.07. The van der Waals surface area contributed by atoms with Crippen molar-refractivity contribution in [3.63, 3.8) is 0 Å². The van der Waals surface area contributed by atoms with Crippen LogP contribution in [0.1, 0.15) is 52.9 Å². The number of hydrogen-bond acceptors (Lipinski definition) is 2. The van der Waals surface area contributed by atoms with Crippen molar-refractivity contribution in [3.8, 4) is 0 Å². The molecule has 1 aliphatic rings. The van der Waals surface area contributed by atoms with E-state index in [-0.39, 0.29) is 11.8 Å². The van der Waals surface area contributed by atoms with Gasteiger partial charge in [-0.05, 0) is 31.6 Å². The molecule has 1 rings (SSSR count). The molecule has 0 saturated heterocycles. The molecule has 1 saturated carbocycles. The highest BCUT2D eigenvalue weighted by Gasteiger charge is 2.57. The van der Waals surface area contributed by atoms with Gasteiger partial charge in [-0.25, -0.2) is 0 Å². The van der Waals surface area contributed by atoms with Crippen LogP contribution in [0.25, 0.3) is 0 Å². The third-order valence-electron chi connectivity index (χ3n) is 3.80. The first kappa shape index (κ1) is 16.0. The van der Waals surface area contributed by atoms with Crippen LogP contribution in [0.4, 0.5) is 0 Å². The molecular weight excluding hydrogens is 240 g/mol. The molecule has 0 aromatic rings. The maximum atomic E-state index is 12.3. The molecule has 4 heteroatoms. The molecule has 0 aromatic carbocycles. The third-order valence-corrected chi connectivity index (χ3v) is 3.80. The Kier molecular flexibility index (Phi) is 5.83. The average molecular weight is 268 g/mol. The van der Waals surface area contributed by atoms with Crippen LogP contribution in [0.3, 0.4) is 0 Å². The first-order chi connectivity index (χ1) is 8.94. The molecule has 0 radical (unpaired) electrons. The molecule has 1 fully saturated rings. The van der Waals surface area contributed by atoms with Crippen LogP contribution in [0.15, 0.2) is 0 Å². The maximum Gasteiger partial charge on any atom is 0.238 e. The van der Waals surface area contributed by atoms with E-state index in [0.29, 0.717) is 25.3 Å². The fraction of sp³-hybridized carbons (Fsp3) is 0.867. The van der Waals surface area contributed by atoms with Crippen LogP contribution in [0, 0.1) is 11.3 Å². The van der Waals surface area contributed by atoms with Gasteiger partial charge in [0.15, 0.2) is 0 Å². The summed E-state index contributed by atoms with van der Waals surface area (Å²) in [5, 5.41) is 2.92. The highest BCUT2D eigenvalue weighted by atomic mass is 16.2. The van der Waals surface area contributed by atoms with Gasteiger partial charge < -0.3 is 10.2 Å². The number of hydrogen-bond donors (Lipinski definition) is 1. The molecular formula is C15H28N2O2. The number of nitrogens with zero attached hydrogens (tertiary/aromatic N) is 1. The zero-order valence-corrected chi connectivity index (χ0v) is 12.8. The lowest BCUT2D eigenvalue weighted by molar-refractivity contribution is -0.143. The summed E-state index contributed by atoms with van der Waals surface area (Å²) < 4.78 is 0. The molecule has 4 nitrogen and oxygen atoms in total. The minimum absolute atomic E-state index is 0.00277. The van der Waals surface area contributed by atoms with Crippen LogP contribution in [-0.2, 0) is 9.59 Å². The van der Waals surface area contributed by atoms with E-state index in [1.54, 1.807) is 11.9 Å². The van der Waals surface area contributed by atoms with Crippen molar-refractivity contribution in [1.82, 2.24) is 10.2 Å². The maximum absolute atomic E-state index is 12.3. The molecule has 0 aromatic heterocycles. The van der Waals surface area contributed by atoms with Gasteiger partial charge in [0.2, 0.25) is 11.8 Å². The van der Waals surface area contributed by atoms with E-state index in [1.807, 2.05) is 0 Å². The summed E-state index contributed by atoms with van der Waals surface area (Å²) in [6.07, 6.45) is 4.42. The van der Waals surface area contributed by atoms with Gasteiger partial charge in [0.25, 0.3) is 0 Å². The summed E-state index contributed by atoms with van der Waals surface area (Å²) in [6, 6.07) is 0. The van der Waals surface area contributed by atoms with Crippen molar-refractivity contribution in [2.24, 2.45) is 11.3 Å². The van der Waals surface area contributed by atoms with E-state index in [1.165, 1.54) is 0 Å². The lowest BCUT2D eigenvalue weighted by Gasteiger charge is -2.23. The summed E-state index contributed by atoms with van der Waals surface area (Å²) >= 11 is 0. The fourth-order valence-corrected chi connectivity index (χ4v) is 2.17. The Morgan fingerprint density at radius 3 is 2.42 bits per heavy atom. The average Bonchev–Trinajstić information content (AvgIpc) is 3.15. The smallest absolute Gasteiger partial charge is 0.238 e. The molecule has 19 heavy (non-hydrogen) atoms. The second-order valence-corrected chi connectivity index (χ2v) is 6.10. The quantitative estimate of drug-likeness (QED) is 0.686. The summed E-state index contributed by atoms with van der Waals surface area (Å²) in [6.45, 7) is 7.77. The molecule has 110 valence electrons. The monoisotopic (exact) mass is 268 g/mol. The molecule has 0 aliphatic heterocycles. The van der Waals surface area contributed by atoms with Crippen LogP contribution in [0.5, 0.6) is 0 Å². The lowest BCUT2D eigenvalue weighted by atomic mass is 10.0. The Morgan fingerprint density at radius 1 is 1.32 bits per heavy atom. The second-order valence-electron chi connectivity index (χ2n) is 6.10. The molecule has 1 N–H and O–H groups in total. The number of unbranched alkanes of at least 4 members (excludes halogenated alkanes) is 1. The topological polar surface area (TPSA) is 49.4 Å². The van der Waals surface area contributed by atoms with E-state index >= 15 is 0 Å². The van der Waals surface area contributed by atoms with Crippen molar-refractivity contribution in [3.05, 3.63) is 0 Å². The SMILES string of the molecule is CCCCN(C)C(=O)C1(C(=O)NCCC(C)C)CC1. The predicted molar refractivity (Wildman–Crippen MR) is 76.7 cm³/mol. The Hall–Kier alpha value is -1.06. The van der Waals surface area contributed by atoms with Crippen LogP contribution < -0.4 is 5.32 Å². The summed E-state index contributed by atoms with van der Waals surface area (Å²) in [7, 11) is 1.81. The number of rotatable bonds is 8. The van der Waals surface area contributed by atoms with Crippen molar-refractivity contribution >= 4 is 11.8 Å². The number of carbonyl (C=O) groups is 2. The van der Waals surface area contributed by atoms with E-state index in [9.17, 15) is 9.59 Å². The van der Waals surface area contributed by atoms with Crippen LogP contribution >= 0.6 is 0 Å². The van der Waals surface area contributed by atoms with E-state index < -0.39 is 5.41 Å². The van der Waals surface area contributed by atoms with Crippen LogP contribution in [-0.4, -0.2) is 36.9 Å². The minimum atomic E-state index is -0.737. The van der Waals surface area contributed by atoms with Gasteiger partial charge in [-0.15, -0.1) is 0 Å². The normalized spacial score (nSPS) is 16.3. The van der Waals surface area contributed by atoms with E-state index in [2.05, 4.69) is 26.1 Å². The van der Waals surface area contributed by atoms with Gasteiger partial charge in [0.05, 0.1) is 0 Å². The lowest BCUT2D eigenvalue weighted by Crippen LogP contribution is -2.44. The second kappa shape index (κ2) is 6.92. The number of nitrogens with one attached hydrogen (secondary N) is 1. The molecule has 1 aliphatic carbocycles. The Balaban J connectivity index is 2.46. The van der Waals surface area contributed by atoms with E-state index in [0.717, 1.165) is 25.8 Å². The van der Waals surface area contributed by atoms with Crippen LogP contribution in [0.2, 0.25) is 0 Å². The van der Waals surface area contributed by atoms with Gasteiger partial charge in [-0.1, -0.05) is 27.2 Å². The molecule has 0 spiro atoms. The third kappa shape index (κ3) is 4.22. The molecule has 0 heterocycles. The van der Waals surface area contributed by atoms with Crippen molar-refractivity contribution in [2.45, 2.75) is 52.9 Å². The van der Waals surface area contributed by atoms with Gasteiger partial charge in [-0.2, -0.15) is 0 Å². The van der Waals surface area contributed by atoms with Gasteiger partial charge in [0.1, 0.15) is 5.41 Å². The highest BCUT2D eigenvalue weighted by Crippen LogP contribution is 2.47. The minimum Gasteiger partial charge on any atom is -0.355 e. The standard InChI is InChI=1S/C15H28N2O2/c1-5-6-11-17(4)14(19)15(8-9-15)13(18)16-10-7-12(2)3/h12H,5-11H2,1-4H3,(H,16,18). The first-order valence-corrected chi connectivity index (χ1v) is 7.48. The summed E-state index contributed by atoms with van der Waals surface area (Å²) in [4.78, 5) is 26.2. The predicted octanol–water partition coefficient (Wildman–Crippen LogP) is 2.19. The first-order valence-electron chi connectivity index (χ1n) is 7.48. The Labute approximate surface area is 116 Å². The Bertz CT molecular complexity index is 322.